The van der Waals surface area contributed by atoms with Gasteiger partial charge in [-0.05, 0) is 11.5 Å². The average Bonchev–Trinajstić information content (AvgIpc) is 2.34. The molecular formula is C14H17NO6. The number of aliphatic hydroxyl groups is 1. The quantitative estimate of drug-likeness (QED) is 0.395. The van der Waals surface area contributed by atoms with Gasteiger partial charge >= 0.3 is 11.9 Å². The maximum absolute atomic E-state index is 11.6. The minimum Gasteiger partial charge on any atom is -0.391 e. The van der Waals surface area contributed by atoms with Gasteiger partial charge in [-0.15, -0.1) is 0 Å². The van der Waals surface area contributed by atoms with Crippen LogP contribution in [0.3, 0.4) is 0 Å². The molecule has 1 rings (SSSR count). The number of nitro groups is 1. The van der Waals surface area contributed by atoms with E-state index in [-0.39, 0.29) is 11.3 Å². The number of nitrogens with zero attached hydrogens (tertiary/aromatic N) is 1. The molecule has 0 aliphatic carbocycles. The highest BCUT2D eigenvalue weighted by molar-refractivity contribution is 5.88. The number of carbonyl (C=O) groups excluding carboxylic acids is 2. The van der Waals surface area contributed by atoms with Gasteiger partial charge in [0, 0.05) is 12.5 Å². The molecule has 21 heavy (non-hydrogen) atoms. The molecule has 7 nitrogen and oxygen atoms in total. The highest BCUT2D eigenvalue weighted by Gasteiger charge is 2.33. The van der Waals surface area contributed by atoms with E-state index in [0.717, 1.165) is 6.92 Å². The Kier molecular flexibility index (Phi) is 4.80. The SMILES string of the molecule is CC(=O)OC(=O)C(O)c1cccc(C(C)(C)C)c1[N+](=O)[O-]. The van der Waals surface area contributed by atoms with Gasteiger partial charge in [-0.1, -0.05) is 32.9 Å². The molecule has 1 atom stereocenters. The highest BCUT2D eigenvalue weighted by Crippen LogP contribution is 2.36. The van der Waals surface area contributed by atoms with Crippen LogP contribution >= 0.6 is 0 Å². The van der Waals surface area contributed by atoms with Crippen molar-refractivity contribution < 1.29 is 24.4 Å². The number of hydrogen-bond donors (Lipinski definition) is 1. The number of esters is 2. The number of hydrogen-bond acceptors (Lipinski definition) is 6. The van der Waals surface area contributed by atoms with Gasteiger partial charge in [0.1, 0.15) is 0 Å². The number of ether oxygens (including phenoxy) is 1. The van der Waals surface area contributed by atoms with Gasteiger partial charge in [-0.3, -0.25) is 14.9 Å². The molecule has 0 bridgehead atoms. The first-order chi connectivity index (χ1) is 9.55. The Balaban J connectivity index is 3.40. The van der Waals surface area contributed by atoms with E-state index < -0.39 is 28.4 Å². The van der Waals surface area contributed by atoms with Crippen molar-refractivity contribution in [2.75, 3.05) is 0 Å². The lowest BCUT2D eigenvalue weighted by atomic mass is 9.84. The summed E-state index contributed by atoms with van der Waals surface area (Å²) in [4.78, 5) is 33.0. The third kappa shape index (κ3) is 3.85. The van der Waals surface area contributed by atoms with Gasteiger partial charge in [-0.25, -0.2) is 4.79 Å². The average molecular weight is 295 g/mol. The summed E-state index contributed by atoms with van der Waals surface area (Å²) >= 11 is 0. The smallest absolute Gasteiger partial charge is 0.347 e. The third-order valence-electron chi connectivity index (χ3n) is 2.82. The van der Waals surface area contributed by atoms with Gasteiger partial charge in [0.05, 0.1) is 10.5 Å². The van der Waals surface area contributed by atoms with E-state index in [4.69, 9.17) is 0 Å². The Morgan fingerprint density at radius 2 is 1.90 bits per heavy atom. The van der Waals surface area contributed by atoms with Crippen molar-refractivity contribution in [1.82, 2.24) is 0 Å². The molecular weight excluding hydrogens is 278 g/mol. The van der Waals surface area contributed by atoms with Crippen LogP contribution in [0.4, 0.5) is 5.69 Å². The molecule has 1 N–H and O–H groups in total. The van der Waals surface area contributed by atoms with Crippen LogP contribution in [0, 0.1) is 10.1 Å². The molecule has 0 amide bonds. The van der Waals surface area contributed by atoms with Crippen LogP contribution in [0.2, 0.25) is 0 Å². The largest absolute Gasteiger partial charge is 0.391 e. The molecule has 0 spiro atoms. The van der Waals surface area contributed by atoms with Crippen LogP contribution in [0.5, 0.6) is 0 Å². The van der Waals surface area contributed by atoms with Gasteiger partial charge in [-0.2, -0.15) is 0 Å². The lowest BCUT2D eigenvalue weighted by Gasteiger charge is -2.21. The Morgan fingerprint density at radius 1 is 1.33 bits per heavy atom. The van der Waals surface area contributed by atoms with Crippen molar-refractivity contribution in [1.29, 1.82) is 0 Å². The number of para-hydroxylation sites is 1. The molecule has 7 heteroatoms. The summed E-state index contributed by atoms with van der Waals surface area (Å²) in [5.74, 6) is -2.13. The summed E-state index contributed by atoms with van der Waals surface area (Å²) in [6.45, 7) is 6.34. The van der Waals surface area contributed by atoms with Gasteiger partial charge < -0.3 is 9.84 Å². The van der Waals surface area contributed by atoms with E-state index in [1.807, 2.05) is 0 Å². The van der Waals surface area contributed by atoms with Crippen LogP contribution in [-0.4, -0.2) is 22.0 Å². The van der Waals surface area contributed by atoms with Crippen molar-refractivity contribution in [3.63, 3.8) is 0 Å². The Labute approximate surface area is 121 Å². The zero-order valence-corrected chi connectivity index (χ0v) is 12.2. The second-order valence-corrected chi connectivity index (χ2v) is 5.57. The van der Waals surface area contributed by atoms with Crippen molar-refractivity contribution >= 4 is 17.6 Å². The minimum atomic E-state index is -1.89. The summed E-state index contributed by atoms with van der Waals surface area (Å²) in [6, 6.07) is 4.33. The number of nitro benzene ring substituents is 1. The van der Waals surface area contributed by atoms with Gasteiger partial charge in [0.15, 0.2) is 6.10 Å². The van der Waals surface area contributed by atoms with Crippen LogP contribution < -0.4 is 0 Å². The monoisotopic (exact) mass is 295 g/mol. The molecule has 0 saturated carbocycles. The van der Waals surface area contributed by atoms with E-state index in [0.29, 0.717) is 5.56 Å². The second kappa shape index (κ2) is 6.01. The fourth-order valence-corrected chi connectivity index (χ4v) is 1.92. The third-order valence-corrected chi connectivity index (χ3v) is 2.82. The summed E-state index contributed by atoms with van der Waals surface area (Å²) in [6.07, 6.45) is -1.89. The lowest BCUT2D eigenvalue weighted by molar-refractivity contribution is -0.387. The molecule has 0 aliphatic heterocycles. The molecule has 1 aromatic carbocycles. The topological polar surface area (TPSA) is 107 Å². The normalized spacial score (nSPS) is 12.6. The van der Waals surface area contributed by atoms with E-state index >= 15 is 0 Å². The number of benzene rings is 1. The number of carbonyl (C=O) groups is 2. The maximum atomic E-state index is 11.6. The molecule has 0 radical (unpaired) electrons. The van der Waals surface area contributed by atoms with E-state index in [1.54, 1.807) is 26.8 Å². The molecule has 1 unspecified atom stereocenters. The zero-order chi connectivity index (χ0) is 16.4. The van der Waals surface area contributed by atoms with Crippen LogP contribution in [0.15, 0.2) is 18.2 Å². The van der Waals surface area contributed by atoms with Crippen molar-refractivity contribution in [2.45, 2.75) is 39.2 Å². The fourth-order valence-electron chi connectivity index (χ4n) is 1.92. The molecule has 0 heterocycles. The zero-order valence-electron chi connectivity index (χ0n) is 12.2. The first-order valence-corrected chi connectivity index (χ1v) is 6.23. The molecule has 1 aromatic rings. The fraction of sp³-hybridized carbons (Fsp3) is 0.429. The first-order valence-electron chi connectivity index (χ1n) is 6.23. The Hall–Kier alpha value is -2.28. The molecule has 0 saturated heterocycles. The molecule has 0 aromatic heterocycles. The Bertz CT molecular complexity index is 588. The van der Waals surface area contributed by atoms with Crippen molar-refractivity contribution in [2.24, 2.45) is 0 Å². The van der Waals surface area contributed by atoms with E-state index in [2.05, 4.69) is 4.74 Å². The summed E-state index contributed by atoms with van der Waals surface area (Å²) < 4.78 is 4.28. The summed E-state index contributed by atoms with van der Waals surface area (Å²) in [5, 5.41) is 21.2. The maximum Gasteiger partial charge on any atom is 0.347 e. The highest BCUT2D eigenvalue weighted by atomic mass is 16.6. The standard InChI is InChI=1S/C14H17NO6/c1-8(16)21-13(18)12(17)9-6-5-7-10(14(2,3)4)11(9)15(19)20/h5-7,12,17H,1-4H3. The second-order valence-electron chi connectivity index (χ2n) is 5.57. The van der Waals surface area contributed by atoms with Gasteiger partial charge in [0.2, 0.25) is 0 Å². The van der Waals surface area contributed by atoms with Crippen LogP contribution in [0.25, 0.3) is 0 Å². The predicted molar refractivity (Wildman–Crippen MR) is 73.5 cm³/mol. The Morgan fingerprint density at radius 3 is 2.33 bits per heavy atom. The van der Waals surface area contributed by atoms with Gasteiger partial charge in [0.25, 0.3) is 5.69 Å². The van der Waals surface area contributed by atoms with Crippen LogP contribution in [0.1, 0.15) is 44.9 Å². The minimum absolute atomic E-state index is 0.196. The number of aliphatic hydroxyl groups excluding tert-OH is 1. The van der Waals surface area contributed by atoms with Crippen LogP contribution in [-0.2, 0) is 19.7 Å². The van der Waals surface area contributed by atoms with E-state index in [1.165, 1.54) is 12.1 Å². The first kappa shape index (κ1) is 16.8. The summed E-state index contributed by atoms with van der Waals surface area (Å²) in [5.41, 5.74) is -0.723. The predicted octanol–water partition coefficient (Wildman–Crippen LogP) is 2.02. The number of rotatable bonds is 3. The molecule has 0 aliphatic rings. The molecule has 114 valence electrons. The lowest BCUT2D eigenvalue weighted by Crippen LogP contribution is -2.21. The van der Waals surface area contributed by atoms with Crippen molar-refractivity contribution in [3.8, 4) is 0 Å². The van der Waals surface area contributed by atoms with Crippen molar-refractivity contribution in [3.05, 3.63) is 39.4 Å². The molecule has 0 fully saturated rings. The summed E-state index contributed by atoms with van der Waals surface area (Å²) in [7, 11) is 0. The van der Waals surface area contributed by atoms with E-state index in [9.17, 15) is 24.8 Å².